The summed E-state index contributed by atoms with van der Waals surface area (Å²) in [5.41, 5.74) is 4.41. The third-order valence-corrected chi connectivity index (χ3v) is 3.87. The zero-order valence-corrected chi connectivity index (χ0v) is 15.2. The highest BCUT2D eigenvalue weighted by Gasteiger charge is 2.21. The largest absolute Gasteiger partial charge is 0.365 e. The molecule has 1 aromatic heterocycles. The fraction of sp³-hybridized carbons (Fsp3) is 0.278. The topological polar surface area (TPSA) is 137 Å². The second kappa shape index (κ2) is 7.40. The van der Waals surface area contributed by atoms with E-state index in [1.165, 1.54) is 0 Å². The number of amides is 2. The summed E-state index contributed by atoms with van der Waals surface area (Å²) in [7, 11) is 0. The lowest BCUT2D eigenvalue weighted by atomic mass is 9.86. The summed E-state index contributed by atoms with van der Waals surface area (Å²) in [5.74, 6) is -1.67. The molecule has 9 heteroatoms. The first kappa shape index (κ1) is 19.8. The number of carbonyl (C=O) groups is 2. The molecule has 0 unspecified atom stereocenters. The molecule has 0 spiro atoms. The van der Waals surface area contributed by atoms with Gasteiger partial charge in [-0.25, -0.2) is 0 Å². The second-order valence-corrected chi connectivity index (χ2v) is 7.01. The monoisotopic (exact) mass is 372 g/mol. The summed E-state index contributed by atoms with van der Waals surface area (Å²) in [4.78, 5) is 46.3. The molecule has 0 aliphatic heterocycles. The van der Waals surface area contributed by atoms with Gasteiger partial charge in [-0.2, -0.15) is 0 Å². The number of rotatable bonds is 5. The van der Waals surface area contributed by atoms with Crippen molar-refractivity contribution in [3.63, 3.8) is 0 Å². The van der Waals surface area contributed by atoms with Gasteiger partial charge in [0.2, 0.25) is 5.91 Å². The molecule has 0 saturated heterocycles. The molecule has 9 nitrogen and oxygen atoms in total. The summed E-state index contributed by atoms with van der Waals surface area (Å²) in [6, 6.07) is 8.01. The van der Waals surface area contributed by atoms with E-state index in [0.717, 1.165) is 22.4 Å². The Morgan fingerprint density at radius 3 is 2.44 bits per heavy atom. The lowest BCUT2D eigenvalue weighted by Crippen LogP contribution is -2.33. The van der Waals surface area contributed by atoms with Gasteiger partial charge < -0.3 is 11.1 Å². The van der Waals surface area contributed by atoms with Crippen LogP contribution in [0.5, 0.6) is 0 Å². The molecule has 0 aliphatic carbocycles. The van der Waals surface area contributed by atoms with Crippen molar-refractivity contribution in [1.29, 1.82) is 0 Å². The van der Waals surface area contributed by atoms with Gasteiger partial charge in [0.1, 0.15) is 12.1 Å². The highest BCUT2D eigenvalue weighted by atomic mass is 16.6. The van der Waals surface area contributed by atoms with Gasteiger partial charge in [-0.3, -0.25) is 29.1 Å². The first-order chi connectivity index (χ1) is 12.5. The number of benzene rings is 1. The molecule has 0 bridgehead atoms. The Morgan fingerprint density at radius 1 is 1.26 bits per heavy atom. The molecule has 0 atom stereocenters. The third-order valence-electron chi connectivity index (χ3n) is 3.87. The van der Waals surface area contributed by atoms with Crippen LogP contribution in [-0.4, -0.2) is 21.3 Å². The number of pyridine rings is 1. The third kappa shape index (κ3) is 4.57. The Balaban J connectivity index is 2.36. The number of nitro groups is 1. The summed E-state index contributed by atoms with van der Waals surface area (Å²) in [6.45, 7) is 5.46. The lowest BCUT2D eigenvalue weighted by Gasteiger charge is -2.23. The van der Waals surface area contributed by atoms with E-state index in [-0.39, 0.29) is 5.41 Å². The van der Waals surface area contributed by atoms with Crippen LogP contribution in [0, 0.1) is 10.1 Å². The van der Waals surface area contributed by atoms with Crippen molar-refractivity contribution in [3.05, 3.63) is 68.1 Å². The van der Waals surface area contributed by atoms with Crippen molar-refractivity contribution in [2.45, 2.75) is 32.7 Å². The number of hydrogen-bond acceptors (Lipinski definition) is 5. The molecule has 2 amide bonds. The van der Waals surface area contributed by atoms with E-state index < -0.39 is 40.1 Å². The maximum absolute atomic E-state index is 12.4. The molecule has 0 aliphatic rings. The van der Waals surface area contributed by atoms with Crippen LogP contribution in [0.3, 0.4) is 0 Å². The summed E-state index contributed by atoms with van der Waals surface area (Å²) < 4.78 is 0.799. The Kier molecular flexibility index (Phi) is 5.44. The fourth-order valence-electron chi connectivity index (χ4n) is 2.60. The van der Waals surface area contributed by atoms with E-state index >= 15 is 0 Å². The Hall–Kier alpha value is -3.49. The average molecular weight is 372 g/mol. The minimum absolute atomic E-state index is 0.231. The zero-order valence-electron chi connectivity index (χ0n) is 15.2. The predicted molar refractivity (Wildman–Crippen MR) is 99.6 cm³/mol. The van der Waals surface area contributed by atoms with E-state index in [1.54, 1.807) is 12.1 Å². The van der Waals surface area contributed by atoms with Crippen LogP contribution >= 0.6 is 0 Å². The Bertz CT molecular complexity index is 972. The number of hydrogen-bond donors (Lipinski definition) is 2. The highest BCUT2D eigenvalue weighted by Crippen LogP contribution is 2.29. The number of aromatic nitrogens is 1. The summed E-state index contributed by atoms with van der Waals surface area (Å²) >= 11 is 0. The first-order valence-corrected chi connectivity index (χ1v) is 8.08. The van der Waals surface area contributed by atoms with E-state index in [4.69, 9.17) is 5.73 Å². The van der Waals surface area contributed by atoms with E-state index in [9.17, 15) is 24.5 Å². The van der Waals surface area contributed by atoms with E-state index in [0.29, 0.717) is 5.69 Å². The first-order valence-electron chi connectivity index (χ1n) is 8.08. The molecule has 27 heavy (non-hydrogen) atoms. The van der Waals surface area contributed by atoms with Crippen molar-refractivity contribution < 1.29 is 14.5 Å². The van der Waals surface area contributed by atoms with Crippen LogP contribution in [-0.2, 0) is 16.8 Å². The molecule has 2 rings (SSSR count). The van der Waals surface area contributed by atoms with Gasteiger partial charge in [-0.15, -0.1) is 0 Å². The standard InChI is InChI=1S/C18H20N4O5/c1-18(2,3)13-6-4-5-7-14(13)20-15(23)10-21-9-11(22(26)27)8-12(16(19)24)17(21)25/h4-9H,10H2,1-3H3,(H2,19,24)(H,20,23). The van der Waals surface area contributed by atoms with Gasteiger partial charge in [0.25, 0.3) is 17.2 Å². The quantitative estimate of drug-likeness (QED) is 0.609. The highest BCUT2D eigenvalue weighted by molar-refractivity contribution is 5.94. The molecule has 2 aromatic rings. The minimum Gasteiger partial charge on any atom is -0.365 e. The maximum atomic E-state index is 12.4. The number of primary amides is 1. The van der Waals surface area contributed by atoms with Gasteiger partial charge in [0.15, 0.2) is 0 Å². The number of nitrogens with two attached hydrogens (primary N) is 1. The van der Waals surface area contributed by atoms with Crippen LogP contribution in [0.15, 0.2) is 41.3 Å². The van der Waals surface area contributed by atoms with Gasteiger partial charge in [0, 0.05) is 11.8 Å². The maximum Gasteiger partial charge on any atom is 0.286 e. The molecule has 0 fully saturated rings. The SMILES string of the molecule is CC(C)(C)c1ccccc1NC(=O)Cn1cc([N+](=O)[O-])cc(C(N)=O)c1=O. The summed E-state index contributed by atoms with van der Waals surface area (Å²) in [6.07, 6.45) is 0.907. The predicted octanol–water partition coefficient (Wildman–Crippen LogP) is 1.79. The number of nitrogens with one attached hydrogen (secondary N) is 1. The number of nitrogens with zero attached hydrogens (tertiary/aromatic N) is 2. The van der Waals surface area contributed by atoms with Crippen molar-refractivity contribution in [2.24, 2.45) is 5.73 Å². The molecule has 142 valence electrons. The molecule has 0 radical (unpaired) electrons. The summed E-state index contributed by atoms with van der Waals surface area (Å²) in [5, 5.41) is 13.7. The van der Waals surface area contributed by atoms with Crippen LogP contribution in [0.1, 0.15) is 36.7 Å². The van der Waals surface area contributed by atoms with Crippen LogP contribution in [0.2, 0.25) is 0 Å². The Labute approximate surface area is 155 Å². The van der Waals surface area contributed by atoms with Crippen molar-refractivity contribution >= 4 is 23.2 Å². The smallest absolute Gasteiger partial charge is 0.286 e. The zero-order chi connectivity index (χ0) is 20.4. The average Bonchev–Trinajstić information content (AvgIpc) is 2.55. The van der Waals surface area contributed by atoms with Gasteiger partial charge in [-0.1, -0.05) is 39.0 Å². The number of carbonyl (C=O) groups excluding carboxylic acids is 2. The second-order valence-electron chi connectivity index (χ2n) is 7.01. The van der Waals surface area contributed by atoms with Crippen molar-refractivity contribution in [3.8, 4) is 0 Å². The van der Waals surface area contributed by atoms with Crippen LogP contribution in [0.4, 0.5) is 11.4 Å². The van der Waals surface area contributed by atoms with Gasteiger partial charge >= 0.3 is 0 Å². The minimum atomic E-state index is -1.10. The van der Waals surface area contributed by atoms with Crippen LogP contribution in [0.25, 0.3) is 0 Å². The van der Waals surface area contributed by atoms with Crippen LogP contribution < -0.4 is 16.6 Å². The van der Waals surface area contributed by atoms with Gasteiger partial charge in [0.05, 0.1) is 11.1 Å². The molecular formula is C18H20N4O5. The van der Waals surface area contributed by atoms with Crippen molar-refractivity contribution in [2.75, 3.05) is 5.32 Å². The Morgan fingerprint density at radius 2 is 1.89 bits per heavy atom. The van der Waals surface area contributed by atoms with Gasteiger partial charge in [-0.05, 0) is 17.0 Å². The van der Waals surface area contributed by atoms with E-state index in [2.05, 4.69) is 5.32 Å². The normalized spacial score (nSPS) is 11.1. The molecule has 3 N–H and O–H groups in total. The molecule has 1 heterocycles. The molecular weight excluding hydrogens is 352 g/mol. The van der Waals surface area contributed by atoms with E-state index in [1.807, 2.05) is 32.9 Å². The fourth-order valence-corrected chi connectivity index (χ4v) is 2.60. The number of para-hydroxylation sites is 1. The lowest BCUT2D eigenvalue weighted by molar-refractivity contribution is -0.385. The molecule has 1 aromatic carbocycles. The van der Waals surface area contributed by atoms with Crippen molar-refractivity contribution in [1.82, 2.24) is 4.57 Å². The molecule has 0 saturated carbocycles. The number of anilines is 1.